The molecule has 0 radical (unpaired) electrons. The van der Waals surface area contributed by atoms with Crippen molar-refractivity contribution >= 4 is 5.69 Å². The van der Waals surface area contributed by atoms with Crippen LogP contribution in [-0.4, -0.2) is 24.9 Å². The van der Waals surface area contributed by atoms with Gasteiger partial charge in [-0.05, 0) is 35.9 Å². The normalized spacial score (nSPS) is 21.0. The average molecular weight is 440 g/mol. The van der Waals surface area contributed by atoms with Crippen LogP contribution in [0, 0.1) is 0 Å². The number of hydrogen-bond donors (Lipinski definition) is 0. The van der Waals surface area contributed by atoms with Crippen LogP contribution in [0.1, 0.15) is 27.9 Å². The SMILES string of the molecule is FC(F)(F)c1cccnc1CN1CC2(COc3cc4c(cc32)OCOC4)c2ccccc21. The van der Waals surface area contributed by atoms with Crippen molar-refractivity contribution in [1.29, 1.82) is 0 Å². The number of anilines is 1. The zero-order valence-corrected chi connectivity index (χ0v) is 17.0. The number of ether oxygens (including phenoxy) is 3. The fraction of sp³-hybridized carbons (Fsp3) is 0.292. The zero-order chi connectivity index (χ0) is 21.9. The smallest absolute Gasteiger partial charge is 0.418 e. The Bertz CT molecular complexity index is 1210. The molecule has 5 nitrogen and oxygen atoms in total. The van der Waals surface area contributed by atoms with Gasteiger partial charge in [0.05, 0.1) is 29.8 Å². The van der Waals surface area contributed by atoms with Gasteiger partial charge in [0, 0.05) is 29.6 Å². The van der Waals surface area contributed by atoms with E-state index in [1.165, 1.54) is 12.3 Å². The highest BCUT2D eigenvalue weighted by Crippen LogP contribution is 2.53. The summed E-state index contributed by atoms with van der Waals surface area (Å²) >= 11 is 0. The Morgan fingerprint density at radius 3 is 2.75 bits per heavy atom. The molecule has 0 fully saturated rings. The standard InChI is InChI=1S/C24H19F3N2O3/c25-24(26,27)16-5-3-7-28-19(16)10-29-12-23(17-4-1-2-6-20(17)29)13-31-22-8-15-11-30-14-32-21(15)9-18(22)23/h1-9H,10-14H2. The first-order valence-corrected chi connectivity index (χ1v) is 10.3. The van der Waals surface area contributed by atoms with E-state index < -0.39 is 17.2 Å². The lowest BCUT2D eigenvalue weighted by molar-refractivity contribution is -0.138. The maximum atomic E-state index is 13.6. The molecule has 3 aliphatic heterocycles. The zero-order valence-electron chi connectivity index (χ0n) is 17.0. The number of halogens is 3. The fourth-order valence-electron chi connectivity index (χ4n) is 5.03. The molecule has 0 aliphatic carbocycles. The molecule has 0 saturated heterocycles. The largest absolute Gasteiger partial charge is 0.492 e. The van der Waals surface area contributed by atoms with Crippen LogP contribution in [-0.2, 0) is 29.5 Å². The summed E-state index contributed by atoms with van der Waals surface area (Å²) in [7, 11) is 0. The van der Waals surface area contributed by atoms with E-state index in [1.807, 2.05) is 41.3 Å². The molecular formula is C24H19F3N2O3. The minimum Gasteiger partial charge on any atom is -0.492 e. The summed E-state index contributed by atoms with van der Waals surface area (Å²) < 4.78 is 57.9. The molecule has 1 aromatic heterocycles. The van der Waals surface area contributed by atoms with Gasteiger partial charge in [-0.15, -0.1) is 0 Å². The number of pyridine rings is 1. The van der Waals surface area contributed by atoms with Crippen molar-refractivity contribution in [3.05, 3.63) is 82.7 Å². The molecule has 3 aromatic rings. The van der Waals surface area contributed by atoms with Crippen LogP contribution in [0.5, 0.6) is 11.5 Å². The summed E-state index contributed by atoms with van der Waals surface area (Å²) in [6, 6.07) is 14.2. The van der Waals surface area contributed by atoms with E-state index in [0.29, 0.717) is 19.8 Å². The summed E-state index contributed by atoms with van der Waals surface area (Å²) in [4.78, 5) is 6.04. The van der Waals surface area contributed by atoms with E-state index >= 15 is 0 Å². The number of para-hydroxylation sites is 1. The molecule has 32 heavy (non-hydrogen) atoms. The van der Waals surface area contributed by atoms with Gasteiger partial charge in [-0.2, -0.15) is 13.2 Å². The van der Waals surface area contributed by atoms with E-state index in [2.05, 4.69) is 4.98 Å². The van der Waals surface area contributed by atoms with Crippen molar-refractivity contribution < 1.29 is 27.4 Å². The van der Waals surface area contributed by atoms with Crippen LogP contribution in [0.2, 0.25) is 0 Å². The van der Waals surface area contributed by atoms with Crippen LogP contribution < -0.4 is 14.4 Å². The Morgan fingerprint density at radius 2 is 1.88 bits per heavy atom. The number of rotatable bonds is 2. The van der Waals surface area contributed by atoms with Gasteiger partial charge in [0.2, 0.25) is 0 Å². The lowest BCUT2D eigenvalue weighted by Gasteiger charge is -2.26. The predicted octanol–water partition coefficient (Wildman–Crippen LogP) is 4.67. The molecule has 4 heterocycles. The van der Waals surface area contributed by atoms with Gasteiger partial charge in [-0.1, -0.05) is 18.2 Å². The Hall–Kier alpha value is -3.26. The van der Waals surface area contributed by atoms with Gasteiger partial charge in [0.25, 0.3) is 0 Å². The molecule has 1 atom stereocenters. The third-order valence-electron chi connectivity index (χ3n) is 6.47. The second-order valence-electron chi connectivity index (χ2n) is 8.31. The summed E-state index contributed by atoms with van der Waals surface area (Å²) in [6.45, 7) is 1.61. The second-order valence-corrected chi connectivity index (χ2v) is 8.31. The van der Waals surface area contributed by atoms with Crippen LogP contribution in [0.25, 0.3) is 0 Å². The van der Waals surface area contributed by atoms with Crippen LogP contribution in [0.3, 0.4) is 0 Å². The molecule has 0 N–H and O–H groups in total. The number of fused-ring (bicyclic) bond motifs is 5. The molecule has 8 heteroatoms. The highest BCUT2D eigenvalue weighted by atomic mass is 19.4. The average Bonchev–Trinajstić information content (AvgIpc) is 3.30. The van der Waals surface area contributed by atoms with Gasteiger partial charge in [0.15, 0.2) is 6.79 Å². The number of alkyl halides is 3. The van der Waals surface area contributed by atoms with E-state index in [0.717, 1.165) is 39.9 Å². The molecule has 1 spiro atoms. The highest BCUT2D eigenvalue weighted by Gasteiger charge is 2.50. The Kier molecular flexibility index (Phi) is 4.17. The topological polar surface area (TPSA) is 43.8 Å². The lowest BCUT2D eigenvalue weighted by Crippen LogP contribution is -2.36. The lowest BCUT2D eigenvalue weighted by atomic mass is 9.77. The first-order valence-electron chi connectivity index (χ1n) is 10.3. The maximum absolute atomic E-state index is 13.6. The number of hydrogen-bond acceptors (Lipinski definition) is 5. The highest BCUT2D eigenvalue weighted by molar-refractivity contribution is 5.70. The van der Waals surface area contributed by atoms with Gasteiger partial charge in [-0.3, -0.25) is 4.98 Å². The molecular weight excluding hydrogens is 421 g/mol. The van der Waals surface area contributed by atoms with Crippen molar-refractivity contribution in [2.75, 3.05) is 24.8 Å². The van der Waals surface area contributed by atoms with E-state index in [-0.39, 0.29) is 19.0 Å². The van der Waals surface area contributed by atoms with Crippen LogP contribution >= 0.6 is 0 Å². The van der Waals surface area contributed by atoms with Crippen molar-refractivity contribution in [3.63, 3.8) is 0 Å². The van der Waals surface area contributed by atoms with Crippen molar-refractivity contribution in [1.82, 2.24) is 4.98 Å². The van der Waals surface area contributed by atoms with Gasteiger partial charge >= 0.3 is 6.18 Å². The molecule has 2 aromatic carbocycles. The van der Waals surface area contributed by atoms with Crippen molar-refractivity contribution in [2.24, 2.45) is 0 Å². The monoisotopic (exact) mass is 440 g/mol. The number of nitrogens with zero attached hydrogens (tertiary/aromatic N) is 2. The summed E-state index contributed by atoms with van der Waals surface area (Å²) in [6.07, 6.45) is -3.05. The molecule has 0 saturated carbocycles. The number of benzene rings is 2. The number of aromatic nitrogens is 1. The van der Waals surface area contributed by atoms with Crippen LogP contribution in [0.15, 0.2) is 54.7 Å². The predicted molar refractivity (Wildman–Crippen MR) is 110 cm³/mol. The molecule has 0 amide bonds. The summed E-state index contributed by atoms with van der Waals surface area (Å²) in [5.74, 6) is 1.53. The third kappa shape index (κ3) is 2.86. The molecule has 1 unspecified atom stereocenters. The van der Waals surface area contributed by atoms with E-state index in [1.54, 1.807) is 0 Å². The minimum atomic E-state index is -4.46. The third-order valence-corrected chi connectivity index (χ3v) is 6.47. The maximum Gasteiger partial charge on any atom is 0.418 e. The summed E-state index contributed by atoms with van der Waals surface area (Å²) in [5.41, 5.74) is 2.67. The second kappa shape index (κ2) is 6.87. The Morgan fingerprint density at radius 1 is 1.00 bits per heavy atom. The molecule has 0 bridgehead atoms. The fourth-order valence-corrected chi connectivity index (χ4v) is 5.03. The first-order chi connectivity index (χ1) is 15.5. The van der Waals surface area contributed by atoms with Gasteiger partial charge in [-0.25, -0.2) is 0 Å². The molecule has 3 aliphatic rings. The van der Waals surface area contributed by atoms with Crippen molar-refractivity contribution in [2.45, 2.75) is 24.7 Å². The Labute approximate surface area is 182 Å². The quantitative estimate of drug-likeness (QED) is 0.580. The van der Waals surface area contributed by atoms with Crippen molar-refractivity contribution in [3.8, 4) is 11.5 Å². The van der Waals surface area contributed by atoms with E-state index in [9.17, 15) is 13.2 Å². The van der Waals surface area contributed by atoms with Gasteiger partial charge in [0.1, 0.15) is 18.1 Å². The molecule has 164 valence electrons. The first kappa shape index (κ1) is 19.4. The van der Waals surface area contributed by atoms with Crippen LogP contribution in [0.4, 0.5) is 18.9 Å². The minimum absolute atomic E-state index is 0.0110. The van der Waals surface area contributed by atoms with Gasteiger partial charge < -0.3 is 19.1 Å². The van der Waals surface area contributed by atoms with E-state index in [4.69, 9.17) is 14.2 Å². The summed E-state index contributed by atoms with van der Waals surface area (Å²) in [5, 5.41) is 0. The molecule has 6 rings (SSSR count). The Balaban J connectivity index is 1.43.